The lowest BCUT2D eigenvalue weighted by atomic mass is 10.1. The van der Waals surface area contributed by atoms with Crippen LogP contribution >= 0.6 is 0 Å². The van der Waals surface area contributed by atoms with Gasteiger partial charge in [-0.2, -0.15) is 8.42 Å². The third-order valence-corrected chi connectivity index (χ3v) is 3.12. The van der Waals surface area contributed by atoms with Crippen LogP contribution in [0.3, 0.4) is 0 Å². The minimum Gasteiger partial charge on any atom is -0.285 e. The molecule has 1 N–H and O–H groups in total. The molecule has 0 aliphatic rings. The first-order valence-corrected chi connectivity index (χ1v) is 5.49. The van der Waals surface area contributed by atoms with Crippen molar-refractivity contribution in [1.29, 1.82) is 0 Å². The Kier molecular flexibility index (Phi) is 3.06. The molecule has 0 saturated heterocycles. The zero-order valence-electron chi connectivity index (χ0n) is 7.27. The highest BCUT2D eigenvalue weighted by Crippen LogP contribution is 2.23. The maximum atomic E-state index is 10.9. The van der Waals surface area contributed by atoms with Gasteiger partial charge in [-0.3, -0.25) is 4.55 Å². The fraction of sp³-hybridized carbons (Fsp3) is 0.333. The SMILES string of the molecule is CCC(c1[c]cccc1)S(=O)(=O)O. The summed E-state index contributed by atoms with van der Waals surface area (Å²) in [6, 6.07) is 9.53. The van der Waals surface area contributed by atoms with Gasteiger partial charge in [-0.1, -0.05) is 31.2 Å². The van der Waals surface area contributed by atoms with Crippen LogP contribution in [0, 0.1) is 6.07 Å². The summed E-state index contributed by atoms with van der Waals surface area (Å²) in [5, 5.41) is -0.853. The summed E-state index contributed by atoms with van der Waals surface area (Å²) in [5.41, 5.74) is 0.507. The Balaban J connectivity index is 3.06. The summed E-state index contributed by atoms with van der Waals surface area (Å²) in [4.78, 5) is 0. The maximum absolute atomic E-state index is 10.9. The highest BCUT2D eigenvalue weighted by atomic mass is 32.2. The molecular formula is C9H11O3S. The average molecular weight is 199 g/mol. The third-order valence-electron chi connectivity index (χ3n) is 1.81. The molecule has 1 rings (SSSR count). The first-order valence-electron chi connectivity index (χ1n) is 3.98. The molecule has 0 bridgehead atoms. The van der Waals surface area contributed by atoms with E-state index in [0.717, 1.165) is 0 Å². The van der Waals surface area contributed by atoms with E-state index < -0.39 is 15.4 Å². The molecule has 1 atom stereocenters. The van der Waals surface area contributed by atoms with Gasteiger partial charge in [0.25, 0.3) is 10.1 Å². The fourth-order valence-corrected chi connectivity index (χ4v) is 2.09. The van der Waals surface area contributed by atoms with Crippen LogP contribution in [0.2, 0.25) is 0 Å². The Bertz CT molecular complexity index is 356. The molecule has 13 heavy (non-hydrogen) atoms. The smallest absolute Gasteiger partial charge is 0.272 e. The zero-order valence-corrected chi connectivity index (χ0v) is 8.08. The van der Waals surface area contributed by atoms with E-state index >= 15 is 0 Å². The molecule has 1 unspecified atom stereocenters. The molecule has 0 heterocycles. The minimum atomic E-state index is -4.00. The van der Waals surface area contributed by atoms with Crippen LogP contribution in [0.25, 0.3) is 0 Å². The quantitative estimate of drug-likeness (QED) is 0.755. The highest BCUT2D eigenvalue weighted by molar-refractivity contribution is 7.86. The van der Waals surface area contributed by atoms with E-state index in [1.54, 1.807) is 31.2 Å². The molecule has 0 aromatic heterocycles. The van der Waals surface area contributed by atoms with Crippen molar-refractivity contribution in [2.45, 2.75) is 18.6 Å². The van der Waals surface area contributed by atoms with Gasteiger partial charge in [0.05, 0.1) is 0 Å². The van der Waals surface area contributed by atoms with Crippen LogP contribution in [0.1, 0.15) is 24.2 Å². The molecule has 1 aromatic rings. The van der Waals surface area contributed by atoms with Crippen LogP contribution in [0.15, 0.2) is 24.3 Å². The van der Waals surface area contributed by atoms with Crippen LogP contribution in [-0.4, -0.2) is 13.0 Å². The molecule has 0 amide bonds. The maximum Gasteiger partial charge on any atom is 0.272 e. The summed E-state index contributed by atoms with van der Waals surface area (Å²) in [7, 11) is -4.00. The molecule has 0 aliphatic carbocycles. The van der Waals surface area contributed by atoms with E-state index in [2.05, 4.69) is 6.07 Å². The molecule has 71 valence electrons. The Morgan fingerprint density at radius 2 is 2.23 bits per heavy atom. The molecule has 4 heteroatoms. The van der Waals surface area contributed by atoms with Gasteiger partial charge < -0.3 is 0 Å². The lowest BCUT2D eigenvalue weighted by Crippen LogP contribution is -2.10. The van der Waals surface area contributed by atoms with E-state index in [1.807, 2.05) is 0 Å². The Morgan fingerprint density at radius 1 is 1.54 bits per heavy atom. The van der Waals surface area contributed by atoms with Gasteiger partial charge in [-0.15, -0.1) is 0 Å². The van der Waals surface area contributed by atoms with Crippen molar-refractivity contribution in [1.82, 2.24) is 0 Å². The topological polar surface area (TPSA) is 54.4 Å². The van der Waals surface area contributed by atoms with E-state index in [-0.39, 0.29) is 0 Å². The first-order chi connectivity index (χ1) is 6.05. The number of hydrogen-bond acceptors (Lipinski definition) is 2. The molecular weight excluding hydrogens is 188 g/mol. The van der Waals surface area contributed by atoms with Gasteiger partial charge in [0.15, 0.2) is 0 Å². The van der Waals surface area contributed by atoms with E-state index in [0.29, 0.717) is 12.0 Å². The number of rotatable bonds is 3. The lowest BCUT2D eigenvalue weighted by Gasteiger charge is -2.10. The van der Waals surface area contributed by atoms with Gasteiger partial charge in [0.1, 0.15) is 5.25 Å². The van der Waals surface area contributed by atoms with Crippen LogP contribution in [0.5, 0.6) is 0 Å². The van der Waals surface area contributed by atoms with Gasteiger partial charge >= 0.3 is 0 Å². The largest absolute Gasteiger partial charge is 0.285 e. The second-order valence-electron chi connectivity index (χ2n) is 2.73. The lowest BCUT2D eigenvalue weighted by molar-refractivity contribution is 0.466. The second-order valence-corrected chi connectivity index (χ2v) is 4.33. The first kappa shape index (κ1) is 10.2. The zero-order chi connectivity index (χ0) is 9.90. The minimum absolute atomic E-state index is 0.347. The molecule has 0 saturated carbocycles. The van der Waals surface area contributed by atoms with Crippen LogP contribution in [0.4, 0.5) is 0 Å². The monoisotopic (exact) mass is 199 g/mol. The third kappa shape index (κ3) is 2.54. The molecule has 0 fully saturated rings. The van der Waals surface area contributed by atoms with Crippen molar-refractivity contribution in [2.75, 3.05) is 0 Å². The van der Waals surface area contributed by atoms with Crippen LogP contribution in [-0.2, 0) is 10.1 Å². The molecule has 1 aromatic carbocycles. The molecule has 3 nitrogen and oxygen atoms in total. The van der Waals surface area contributed by atoms with Crippen molar-refractivity contribution in [3.05, 3.63) is 35.9 Å². The molecule has 1 radical (unpaired) electrons. The van der Waals surface area contributed by atoms with Gasteiger partial charge in [0.2, 0.25) is 0 Å². The van der Waals surface area contributed by atoms with E-state index in [4.69, 9.17) is 4.55 Å². The van der Waals surface area contributed by atoms with Crippen molar-refractivity contribution < 1.29 is 13.0 Å². The Morgan fingerprint density at radius 3 is 2.62 bits per heavy atom. The Labute approximate surface area is 78.2 Å². The van der Waals surface area contributed by atoms with Crippen molar-refractivity contribution >= 4 is 10.1 Å². The summed E-state index contributed by atoms with van der Waals surface area (Å²) in [6.07, 6.45) is 0.347. The van der Waals surface area contributed by atoms with Crippen molar-refractivity contribution in [3.63, 3.8) is 0 Å². The summed E-state index contributed by atoms with van der Waals surface area (Å²) in [6.45, 7) is 1.71. The van der Waals surface area contributed by atoms with E-state index in [1.165, 1.54) is 0 Å². The van der Waals surface area contributed by atoms with E-state index in [9.17, 15) is 8.42 Å². The summed E-state index contributed by atoms with van der Waals surface area (Å²) >= 11 is 0. The number of hydrogen-bond donors (Lipinski definition) is 1. The second kappa shape index (κ2) is 3.89. The summed E-state index contributed by atoms with van der Waals surface area (Å²) in [5.74, 6) is 0. The normalized spacial score (nSPS) is 14.0. The number of benzene rings is 1. The van der Waals surface area contributed by atoms with Crippen LogP contribution < -0.4 is 0 Å². The molecule has 0 aliphatic heterocycles. The predicted molar refractivity (Wildman–Crippen MR) is 49.9 cm³/mol. The summed E-state index contributed by atoms with van der Waals surface area (Å²) < 4.78 is 30.7. The van der Waals surface area contributed by atoms with Gasteiger partial charge in [-0.25, -0.2) is 0 Å². The average Bonchev–Trinajstić information content (AvgIpc) is 2.05. The van der Waals surface area contributed by atoms with Crippen molar-refractivity contribution in [3.8, 4) is 0 Å². The van der Waals surface area contributed by atoms with Gasteiger partial charge in [-0.05, 0) is 18.1 Å². The fourth-order valence-electron chi connectivity index (χ4n) is 1.20. The highest BCUT2D eigenvalue weighted by Gasteiger charge is 2.22. The van der Waals surface area contributed by atoms with Gasteiger partial charge in [0, 0.05) is 0 Å². The molecule has 0 spiro atoms. The standard InChI is InChI=1S/C9H11O3S/c1-2-9(13(10,11)12)8-6-4-3-5-7-8/h3-6,9H,2H2,1H3,(H,10,11,12). The predicted octanol–water partition coefficient (Wildman–Crippen LogP) is 1.83. The Hall–Kier alpha value is -0.870. The van der Waals surface area contributed by atoms with Crippen molar-refractivity contribution in [2.24, 2.45) is 0 Å².